The van der Waals surface area contributed by atoms with Crippen molar-refractivity contribution in [2.24, 2.45) is 0 Å². The number of nitrogens with zero attached hydrogens (tertiary/aromatic N) is 1. The van der Waals surface area contributed by atoms with Gasteiger partial charge in [0, 0.05) is 39.9 Å². The van der Waals surface area contributed by atoms with E-state index >= 15 is 0 Å². The number of hydrogen-bond donors (Lipinski definition) is 2. The molecule has 180 valence electrons. The van der Waals surface area contributed by atoms with Crippen molar-refractivity contribution < 1.29 is 13.6 Å². The van der Waals surface area contributed by atoms with Crippen molar-refractivity contribution in [3.63, 3.8) is 0 Å². The summed E-state index contributed by atoms with van der Waals surface area (Å²) >= 11 is 6.07. The molecule has 0 spiro atoms. The standard InChI is InChI=1S/C29H22ClF2N3O/c30-21-9-7-19(8-10-21)25-5-3-11-33-29(25)27(14-18-12-22(31)16-23(32)13-18)35-28(36)15-20-17-34-26-6-2-1-4-24(20)26/h1-13,16-17,27,34H,14-15H2,(H,35,36)/t27-/m0/s1. The van der Waals surface area contributed by atoms with Crippen LogP contribution < -0.4 is 5.32 Å². The van der Waals surface area contributed by atoms with E-state index in [9.17, 15) is 13.6 Å². The quantitative estimate of drug-likeness (QED) is 0.257. The van der Waals surface area contributed by atoms with Crippen molar-refractivity contribution in [3.8, 4) is 11.1 Å². The summed E-state index contributed by atoms with van der Waals surface area (Å²) in [4.78, 5) is 21.0. The minimum absolute atomic E-state index is 0.140. The smallest absolute Gasteiger partial charge is 0.225 e. The number of pyridine rings is 1. The SMILES string of the molecule is O=C(Cc1c[nH]c2ccccc12)N[C@@H](Cc1cc(F)cc(F)c1)c1ncccc1-c1ccc(Cl)cc1. The van der Waals surface area contributed by atoms with Crippen molar-refractivity contribution in [1.82, 2.24) is 15.3 Å². The average Bonchev–Trinajstić information content (AvgIpc) is 3.26. The zero-order valence-corrected chi connectivity index (χ0v) is 19.9. The van der Waals surface area contributed by atoms with Crippen LogP contribution in [0.4, 0.5) is 8.78 Å². The van der Waals surface area contributed by atoms with Gasteiger partial charge in [-0.2, -0.15) is 0 Å². The molecule has 0 fully saturated rings. The first kappa shape index (κ1) is 23.7. The number of H-pyrrole nitrogens is 1. The number of carbonyl (C=O) groups is 1. The molecule has 5 rings (SSSR count). The number of hydrogen-bond acceptors (Lipinski definition) is 2. The fraction of sp³-hybridized carbons (Fsp3) is 0.103. The Morgan fingerprint density at radius 1 is 0.972 bits per heavy atom. The molecule has 5 aromatic rings. The van der Waals surface area contributed by atoms with Crippen LogP contribution in [0, 0.1) is 11.6 Å². The van der Waals surface area contributed by atoms with Gasteiger partial charge in [-0.3, -0.25) is 9.78 Å². The van der Waals surface area contributed by atoms with Crippen LogP contribution in [0.15, 0.2) is 91.3 Å². The second-order valence-corrected chi connectivity index (χ2v) is 9.02. The topological polar surface area (TPSA) is 57.8 Å². The molecule has 1 amide bonds. The van der Waals surface area contributed by atoms with E-state index in [0.29, 0.717) is 16.3 Å². The third-order valence-corrected chi connectivity index (χ3v) is 6.30. The molecule has 0 aliphatic rings. The molecular weight excluding hydrogens is 480 g/mol. The predicted octanol–water partition coefficient (Wildman–Crippen LogP) is 6.80. The van der Waals surface area contributed by atoms with Gasteiger partial charge in [0.1, 0.15) is 11.6 Å². The Hall–Kier alpha value is -4.03. The van der Waals surface area contributed by atoms with Gasteiger partial charge in [-0.05, 0) is 59.5 Å². The fourth-order valence-electron chi connectivity index (χ4n) is 4.45. The normalized spacial score (nSPS) is 12.0. The summed E-state index contributed by atoms with van der Waals surface area (Å²) in [7, 11) is 0. The van der Waals surface area contributed by atoms with Gasteiger partial charge in [0.15, 0.2) is 0 Å². The first-order valence-corrected chi connectivity index (χ1v) is 11.8. The number of nitrogens with one attached hydrogen (secondary N) is 2. The summed E-state index contributed by atoms with van der Waals surface area (Å²) in [6.07, 6.45) is 3.76. The number of amides is 1. The van der Waals surface area contributed by atoms with E-state index in [1.807, 2.05) is 48.7 Å². The maximum Gasteiger partial charge on any atom is 0.225 e. The Balaban J connectivity index is 1.49. The number of halogens is 3. The van der Waals surface area contributed by atoms with Gasteiger partial charge in [-0.25, -0.2) is 8.78 Å². The van der Waals surface area contributed by atoms with Gasteiger partial charge in [-0.15, -0.1) is 0 Å². The molecule has 3 aromatic carbocycles. The number of carbonyl (C=O) groups excluding carboxylic acids is 1. The lowest BCUT2D eigenvalue weighted by molar-refractivity contribution is -0.121. The molecule has 36 heavy (non-hydrogen) atoms. The molecule has 4 nitrogen and oxygen atoms in total. The van der Waals surface area contributed by atoms with Gasteiger partial charge in [0.2, 0.25) is 5.91 Å². The van der Waals surface area contributed by atoms with Gasteiger partial charge in [0.05, 0.1) is 18.2 Å². The first-order chi connectivity index (χ1) is 17.5. The molecule has 0 bridgehead atoms. The average molecular weight is 502 g/mol. The Morgan fingerprint density at radius 3 is 2.50 bits per heavy atom. The number of aromatic nitrogens is 2. The number of para-hydroxylation sites is 1. The van der Waals surface area contributed by atoms with Crippen LogP contribution in [-0.4, -0.2) is 15.9 Å². The number of fused-ring (bicyclic) bond motifs is 1. The second kappa shape index (κ2) is 10.3. The molecule has 2 aromatic heterocycles. The third-order valence-electron chi connectivity index (χ3n) is 6.05. The molecule has 2 heterocycles. The van der Waals surface area contributed by atoms with Crippen molar-refractivity contribution in [2.75, 3.05) is 0 Å². The number of aromatic amines is 1. The third kappa shape index (κ3) is 5.29. The van der Waals surface area contributed by atoms with Crippen LogP contribution in [-0.2, 0) is 17.6 Å². The maximum absolute atomic E-state index is 14.0. The van der Waals surface area contributed by atoms with Crippen LogP contribution in [0.5, 0.6) is 0 Å². The predicted molar refractivity (Wildman–Crippen MR) is 138 cm³/mol. The molecule has 0 aliphatic heterocycles. The van der Waals surface area contributed by atoms with Gasteiger partial charge in [0.25, 0.3) is 0 Å². The van der Waals surface area contributed by atoms with E-state index in [1.54, 1.807) is 24.4 Å². The van der Waals surface area contributed by atoms with Crippen LogP contribution >= 0.6 is 11.6 Å². The molecular formula is C29H22ClF2N3O. The van der Waals surface area contributed by atoms with E-state index < -0.39 is 17.7 Å². The minimum Gasteiger partial charge on any atom is -0.361 e. The summed E-state index contributed by atoms with van der Waals surface area (Å²) in [6.45, 7) is 0. The number of benzene rings is 3. The van der Waals surface area contributed by atoms with Gasteiger partial charge < -0.3 is 10.3 Å². The van der Waals surface area contributed by atoms with Crippen LogP contribution in [0.3, 0.4) is 0 Å². The Morgan fingerprint density at radius 2 is 1.72 bits per heavy atom. The van der Waals surface area contributed by atoms with Crippen molar-refractivity contribution in [1.29, 1.82) is 0 Å². The van der Waals surface area contributed by atoms with E-state index in [-0.39, 0.29) is 18.7 Å². The summed E-state index contributed by atoms with van der Waals surface area (Å²) in [5.41, 5.74) is 4.47. The van der Waals surface area contributed by atoms with Crippen LogP contribution in [0.25, 0.3) is 22.0 Å². The summed E-state index contributed by atoms with van der Waals surface area (Å²) in [5, 5.41) is 4.63. The number of rotatable bonds is 7. The van der Waals surface area contributed by atoms with Crippen molar-refractivity contribution in [2.45, 2.75) is 18.9 Å². The van der Waals surface area contributed by atoms with Crippen LogP contribution in [0.2, 0.25) is 5.02 Å². The lowest BCUT2D eigenvalue weighted by atomic mass is 9.95. The Bertz CT molecular complexity index is 1510. The highest BCUT2D eigenvalue weighted by atomic mass is 35.5. The summed E-state index contributed by atoms with van der Waals surface area (Å²) < 4.78 is 27.9. The molecule has 2 N–H and O–H groups in total. The van der Waals surface area contributed by atoms with Crippen molar-refractivity contribution >= 4 is 28.4 Å². The highest BCUT2D eigenvalue weighted by Crippen LogP contribution is 2.30. The molecule has 1 atom stereocenters. The second-order valence-electron chi connectivity index (χ2n) is 8.58. The zero-order valence-electron chi connectivity index (χ0n) is 19.1. The molecule has 0 aliphatic carbocycles. The van der Waals surface area contributed by atoms with E-state index in [0.717, 1.165) is 33.7 Å². The lowest BCUT2D eigenvalue weighted by Crippen LogP contribution is -2.32. The monoisotopic (exact) mass is 501 g/mol. The summed E-state index contributed by atoms with van der Waals surface area (Å²) in [6, 6.07) is 21.5. The van der Waals surface area contributed by atoms with Crippen LogP contribution in [0.1, 0.15) is 22.9 Å². The molecule has 0 saturated carbocycles. The minimum atomic E-state index is -0.673. The fourth-order valence-corrected chi connectivity index (χ4v) is 4.57. The molecule has 7 heteroatoms. The summed E-state index contributed by atoms with van der Waals surface area (Å²) in [5.74, 6) is -1.57. The maximum atomic E-state index is 14.0. The highest BCUT2D eigenvalue weighted by molar-refractivity contribution is 6.30. The van der Waals surface area contributed by atoms with Crippen molar-refractivity contribution in [3.05, 3.63) is 125 Å². The molecule has 0 saturated heterocycles. The van der Waals surface area contributed by atoms with E-state index in [1.165, 1.54) is 12.1 Å². The largest absolute Gasteiger partial charge is 0.361 e. The Kier molecular flexibility index (Phi) is 6.78. The zero-order chi connectivity index (χ0) is 25.1. The Labute approximate surface area is 212 Å². The molecule has 0 unspecified atom stereocenters. The molecule has 0 radical (unpaired) electrons. The first-order valence-electron chi connectivity index (χ1n) is 11.5. The highest BCUT2D eigenvalue weighted by Gasteiger charge is 2.22. The van der Waals surface area contributed by atoms with E-state index in [4.69, 9.17) is 11.6 Å². The van der Waals surface area contributed by atoms with Gasteiger partial charge in [-0.1, -0.05) is 48.0 Å². The van der Waals surface area contributed by atoms with Gasteiger partial charge >= 0.3 is 0 Å². The van der Waals surface area contributed by atoms with E-state index in [2.05, 4.69) is 15.3 Å². The lowest BCUT2D eigenvalue weighted by Gasteiger charge is -2.22.